The van der Waals surface area contributed by atoms with Crippen molar-refractivity contribution in [1.82, 2.24) is 4.98 Å². The predicted octanol–water partition coefficient (Wildman–Crippen LogP) is 5.74. The molecule has 1 fully saturated rings. The van der Waals surface area contributed by atoms with Crippen LogP contribution in [0.25, 0.3) is 0 Å². The molecule has 11 heteroatoms. The van der Waals surface area contributed by atoms with Gasteiger partial charge in [0.05, 0.1) is 11.5 Å². The SMILES string of the molecule is Cc1c(C#N)cnc(C(=O)Nc2ccc(NPI)c(C(=N)C3CC3C(F)(F)F)c2)c1C. The van der Waals surface area contributed by atoms with Gasteiger partial charge in [0.15, 0.2) is 0 Å². The van der Waals surface area contributed by atoms with Crippen LogP contribution < -0.4 is 10.4 Å². The first-order valence-corrected chi connectivity index (χ1v) is 13.3. The molecule has 1 saturated carbocycles. The number of carbonyl (C=O) groups excluding carboxylic acids is 1. The van der Waals surface area contributed by atoms with Gasteiger partial charge in [-0.1, -0.05) is 0 Å². The number of anilines is 2. The van der Waals surface area contributed by atoms with Crippen LogP contribution in [-0.4, -0.2) is 22.8 Å². The number of carbonyl (C=O) groups is 1. The molecule has 1 aliphatic rings. The second-order valence-electron chi connectivity index (χ2n) is 7.22. The summed E-state index contributed by atoms with van der Waals surface area (Å²) in [6, 6.07) is 6.78. The summed E-state index contributed by atoms with van der Waals surface area (Å²) in [5, 5.41) is 23.2. The van der Waals surface area contributed by atoms with Crippen molar-refractivity contribution in [3.63, 3.8) is 0 Å². The van der Waals surface area contributed by atoms with Gasteiger partial charge in [0.25, 0.3) is 5.91 Å². The number of alkyl halides is 3. The smallest absolute Gasteiger partial charge is 0.358 e. The third kappa shape index (κ3) is 4.99. The molecular formula is C20H18F3IN5OP. The Bertz CT molecular complexity index is 1100. The molecule has 1 aromatic carbocycles. The fourth-order valence-electron chi connectivity index (χ4n) is 3.31. The lowest BCUT2D eigenvalue weighted by molar-refractivity contribution is -0.149. The van der Waals surface area contributed by atoms with E-state index in [4.69, 9.17) is 10.7 Å². The van der Waals surface area contributed by atoms with Gasteiger partial charge in [0.1, 0.15) is 11.8 Å². The van der Waals surface area contributed by atoms with Gasteiger partial charge in [-0.05, 0) is 71.6 Å². The van der Waals surface area contributed by atoms with E-state index in [-0.39, 0.29) is 24.2 Å². The molecule has 1 heterocycles. The number of benzene rings is 1. The van der Waals surface area contributed by atoms with Crippen LogP contribution in [0, 0.1) is 42.4 Å². The zero-order valence-corrected chi connectivity index (χ0v) is 19.6. The monoisotopic (exact) mass is 559 g/mol. The fourth-order valence-corrected chi connectivity index (χ4v) is 4.51. The molecule has 0 saturated heterocycles. The van der Waals surface area contributed by atoms with E-state index in [1.165, 1.54) is 12.3 Å². The standard InChI is InChI=1S/C20H18F3IN5OP/c1-9-10(2)18(27-8-11(9)7-25)19(30)28-12-3-4-16(29-31-24)14(5-12)17(26)13-6-15(13)20(21,22)23/h3-5,8,13,15,26,29,31H,6H2,1-2H3,(H,28,30). The second kappa shape index (κ2) is 9.09. The predicted molar refractivity (Wildman–Crippen MR) is 123 cm³/mol. The average molecular weight is 559 g/mol. The molecule has 2 aromatic rings. The van der Waals surface area contributed by atoms with Crippen molar-refractivity contribution in [1.29, 1.82) is 10.7 Å². The number of hydrogen-bond donors (Lipinski definition) is 3. The fraction of sp³-hybridized carbons (Fsp3) is 0.300. The molecule has 6 nitrogen and oxygen atoms in total. The first-order valence-electron chi connectivity index (χ1n) is 9.17. The Labute approximate surface area is 191 Å². The van der Waals surface area contributed by atoms with Crippen molar-refractivity contribution in [3.8, 4) is 6.07 Å². The van der Waals surface area contributed by atoms with Crippen molar-refractivity contribution in [2.45, 2.75) is 26.4 Å². The minimum atomic E-state index is -4.32. The number of aromatic nitrogens is 1. The molecule has 31 heavy (non-hydrogen) atoms. The number of rotatable bonds is 6. The zero-order valence-electron chi connectivity index (χ0n) is 16.5. The molecule has 0 aliphatic heterocycles. The van der Waals surface area contributed by atoms with Crippen LogP contribution in [0.3, 0.4) is 0 Å². The molecule has 3 rings (SSSR count). The highest BCUT2D eigenvalue weighted by molar-refractivity contribution is 14.2. The molecule has 0 spiro atoms. The number of pyridine rings is 1. The Kier molecular flexibility index (Phi) is 6.86. The van der Waals surface area contributed by atoms with Crippen molar-refractivity contribution < 1.29 is 18.0 Å². The second-order valence-corrected chi connectivity index (χ2v) is 9.28. The maximum atomic E-state index is 13.0. The largest absolute Gasteiger partial charge is 0.392 e. The Morgan fingerprint density at radius 2 is 2.06 bits per heavy atom. The van der Waals surface area contributed by atoms with E-state index in [0.717, 1.165) is 0 Å². The van der Waals surface area contributed by atoms with Gasteiger partial charge in [-0.3, -0.25) is 4.79 Å². The lowest BCUT2D eigenvalue weighted by atomic mass is 10.0. The molecule has 162 valence electrons. The minimum Gasteiger partial charge on any atom is -0.358 e. The number of nitrogens with one attached hydrogen (secondary N) is 3. The molecule has 1 amide bonds. The summed E-state index contributed by atoms with van der Waals surface area (Å²) in [5.41, 5.74) is 2.89. The minimum absolute atomic E-state index is 0.0981. The van der Waals surface area contributed by atoms with Gasteiger partial charge < -0.3 is 15.8 Å². The van der Waals surface area contributed by atoms with Crippen LogP contribution >= 0.6 is 28.4 Å². The zero-order chi connectivity index (χ0) is 22.9. The van der Waals surface area contributed by atoms with Gasteiger partial charge in [0, 0.05) is 41.1 Å². The summed E-state index contributed by atoms with van der Waals surface area (Å²) in [6.45, 7) is 3.42. The summed E-state index contributed by atoms with van der Waals surface area (Å²) in [6.07, 6.45) is -2.83. The van der Waals surface area contributed by atoms with E-state index >= 15 is 0 Å². The van der Waals surface area contributed by atoms with Crippen LogP contribution in [0.2, 0.25) is 0 Å². The average Bonchev–Trinajstić information content (AvgIpc) is 3.52. The quantitative estimate of drug-likeness (QED) is 0.239. The topological polar surface area (TPSA) is 102 Å². The molecule has 0 radical (unpaired) electrons. The Balaban J connectivity index is 1.87. The maximum absolute atomic E-state index is 13.0. The highest BCUT2D eigenvalue weighted by Crippen LogP contribution is 2.52. The highest BCUT2D eigenvalue weighted by atomic mass is 127. The number of hydrogen-bond acceptors (Lipinski definition) is 5. The van der Waals surface area contributed by atoms with Crippen molar-refractivity contribution in [2.24, 2.45) is 11.8 Å². The van der Waals surface area contributed by atoms with Crippen molar-refractivity contribution in [2.75, 3.05) is 10.4 Å². The number of nitrogens with zero attached hydrogens (tertiary/aromatic N) is 2. The first-order chi connectivity index (χ1) is 14.6. The summed E-state index contributed by atoms with van der Waals surface area (Å²) >= 11 is 2.09. The molecule has 3 N–H and O–H groups in total. The molecular weight excluding hydrogens is 541 g/mol. The summed E-state index contributed by atoms with van der Waals surface area (Å²) in [5.74, 6) is -2.88. The van der Waals surface area contributed by atoms with Crippen LogP contribution in [-0.2, 0) is 0 Å². The number of nitriles is 1. The summed E-state index contributed by atoms with van der Waals surface area (Å²) in [4.78, 5) is 16.8. The third-order valence-corrected chi connectivity index (χ3v) is 6.48. The third-order valence-electron chi connectivity index (χ3n) is 5.31. The van der Waals surface area contributed by atoms with Crippen LogP contribution in [0.5, 0.6) is 0 Å². The molecule has 0 bridgehead atoms. The lowest BCUT2D eigenvalue weighted by Crippen LogP contribution is -2.18. The van der Waals surface area contributed by atoms with Gasteiger partial charge >= 0.3 is 6.18 Å². The maximum Gasteiger partial charge on any atom is 0.392 e. The Morgan fingerprint density at radius 3 is 2.65 bits per heavy atom. The molecule has 1 aliphatic carbocycles. The van der Waals surface area contributed by atoms with E-state index in [1.807, 2.05) is 6.07 Å². The van der Waals surface area contributed by atoms with Gasteiger partial charge in [-0.15, -0.1) is 0 Å². The van der Waals surface area contributed by atoms with Crippen molar-refractivity contribution in [3.05, 3.63) is 52.3 Å². The van der Waals surface area contributed by atoms with Gasteiger partial charge in [0.2, 0.25) is 0 Å². The normalized spacial score (nSPS) is 18.0. The van der Waals surface area contributed by atoms with Crippen LogP contribution in [0.15, 0.2) is 24.4 Å². The van der Waals surface area contributed by atoms with Crippen molar-refractivity contribution >= 4 is 51.4 Å². The van der Waals surface area contributed by atoms with Gasteiger partial charge in [-0.25, -0.2) is 4.98 Å². The number of halogens is 4. The number of amides is 1. The molecule has 3 unspecified atom stereocenters. The van der Waals surface area contributed by atoms with E-state index in [2.05, 4.69) is 37.4 Å². The van der Waals surface area contributed by atoms with Gasteiger partial charge in [-0.2, -0.15) is 18.4 Å². The first kappa shape index (κ1) is 23.4. The van der Waals surface area contributed by atoms with Crippen LogP contribution in [0.1, 0.15) is 39.2 Å². The molecule has 1 aromatic heterocycles. The summed E-state index contributed by atoms with van der Waals surface area (Å²) < 4.78 is 38.9. The molecule has 3 atom stereocenters. The van der Waals surface area contributed by atoms with Crippen LogP contribution in [0.4, 0.5) is 24.5 Å². The highest BCUT2D eigenvalue weighted by Gasteiger charge is 2.57. The Hall–Kier alpha value is -2.25. The van der Waals surface area contributed by atoms with E-state index in [9.17, 15) is 18.0 Å². The summed E-state index contributed by atoms with van der Waals surface area (Å²) in [7, 11) is 0. The van der Waals surface area contributed by atoms with E-state index in [0.29, 0.717) is 33.6 Å². The van der Waals surface area contributed by atoms with E-state index < -0.39 is 23.9 Å². The lowest BCUT2D eigenvalue weighted by Gasteiger charge is -2.15. The van der Waals surface area contributed by atoms with E-state index in [1.54, 1.807) is 26.0 Å². The Morgan fingerprint density at radius 1 is 1.35 bits per heavy atom.